The highest BCUT2D eigenvalue weighted by molar-refractivity contribution is 7.71. The molecule has 5 heteroatoms. The predicted molar refractivity (Wildman–Crippen MR) is 104 cm³/mol. The van der Waals surface area contributed by atoms with Gasteiger partial charge in [0.25, 0.3) is 5.91 Å². The number of nitrogens with one attached hydrogen (secondary N) is 2. The molecule has 1 amide bonds. The van der Waals surface area contributed by atoms with Crippen molar-refractivity contribution in [1.82, 2.24) is 14.9 Å². The summed E-state index contributed by atoms with van der Waals surface area (Å²) in [6, 6.07) is 9.83. The molecule has 4 aliphatic carbocycles. The number of benzene rings is 1. The number of H-pyrrole nitrogens is 1. The normalized spacial score (nSPS) is 31.9. The molecule has 26 heavy (non-hydrogen) atoms. The van der Waals surface area contributed by atoms with Crippen molar-refractivity contribution in [3.05, 3.63) is 47.0 Å². The van der Waals surface area contributed by atoms with E-state index >= 15 is 0 Å². The van der Waals surface area contributed by atoms with Crippen molar-refractivity contribution in [1.29, 1.82) is 0 Å². The Balaban J connectivity index is 1.35. The number of aromatic nitrogens is 2. The fourth-order valence-electron chi connectivity index (χ4n) is 6.23. The second kappa shape index (κ2) is 6.08. The van der Waals surface area contributed by atoms with Crippen LogP contribution in [0, 0.1) is 27.9 Å². The Morgan fingerprint density at radius 1 is 1.12 bits per heavy atom. The molecule has 6 rings (SSSR count). The fourth-order valence-corrected chi connectivity index (χ4v) is 6.50. The molecule has 2 N–H and O–H groups in total. The Hall–Kier alpha value is -1.88. The average molecular weight is 368 g/mol. The zero-order chi connectivity index (χ0) is 17.7. The first-order valence-corrected chi connectivity index (χ1v) is 10.2. The highest BCUT2D eigenvalue weighted by Gasteiger charge is 2.50. The van der Waals surface area contributed by atoms with E-state index in [0.29, 0.717) is 15.9 Å². The van der Waals surface area contributed by atoms with Gasteiger partial charge in [-0.05, 0) is 86.0 Å². The lowest BCUT2D eigenvalue weighted by atomic mass is 9.49. The molecule has 4 aliphatic rings. The predicted octanol–water partition coefficient (Wildman–Crippen LogP) is 4.48. The van der Waals surface area contributed by atoms with Gasteiger partial charge in [-0.3, -0.25) is 9.36 Å². The van der Waals surface area contributed by atoms with Gasteiger partial charge in [-0.25, -0.2) is 0 Å². The van der Waals surface area contributed by atoms with E-state index in [2.05, 4.69) is 10.3 Å². The molecule has 4 bridgehead atoms. The fraction of sp³-hybridized carbons (Fsp3) is 0.524. The van der Waals surface area contributed by atoms with Crippen LogP contribution in [-0.4, -0.2) is 22.0 Å². The van der Waals surface area contributed by atoms with E-state index in [-0.39, 0.29) is 5.91 Å². The van der Waals surface area contributed by atoms with Crippen molar-refractivity contribution in [3.8, 4) is 5.69 Å². The van der Waals surface area contributed by atoms with Gasteiger partial charge in [0.1, 0.15) is 5.69 Å². The first-order valence-electron chi connectivity index (χ1n) is 9.76. The molecule has 136 valence electrons. The molecule has 0 spiro atoms. The number of aromatic amines is 1. The van der Waals surface area contributed by atoms with Crippen LogP contribution in [0.25, 0.3) is 5.69 Å². The minimum absolute atomic E-state index is 0.0306. The first kappa shape index (κ1) is 16.3. The molecular formula is C21H25N3OS. The van der Waals surface area contributed by atoms with Crippen molar-refractivity contribution in [2.45, 2.75) is 38.5 Å². The lowest BCUT2D eigenvalue weighted by molar-refractivity contribution is -0.0503. The van der Waals surface area contributed by atoms with Crippen molar-refractivity contribution >= 4 is 18.1 Å². The highest BCUT2D eigenvalue weighted by Crippen LogP contribution is 2.59. The molecule has 4 nitrogen and oxygen atoms in total. The average Bonchev–Trinajstić information content (AvgIpc) is 3.01. The minimum Gasteiger partial charge on any atom is -0.350 e. The van der Waals surface area contributed by atoms with Gasteiger partial charge in [0, 0.05) is 18.4 Å². The number of rotatable bonds is 4. The molecule has 0 radical (unpaired) electrons. The summed E-state index contributed by atoms with van der Waals surface area (Å²) >= 11 is 5.40. The maximum absolute atomic E-state index is 12.9. The first-order chi connectivity index (χ1) is 12.6. The van der Waals surface area contributed by atoms with Crippen molar-refractivity contribution in [2.24, 2.45) is 23.2 Å². The van der Waals surface area contributed by atoms with Crippen LogP contribution in [0.4, 0.5) is 0 Å². The maximum atomic E-state index is 12.9. The van der Waals surface area contributed by atoms with Crippen LogP contribution in [0.15, 0.2) is 36.5 Å². The second-order valence-corrected chi connectivity index (χ2v) is 9.14. The van der Waals surface area contributed by atoms with Crippen molar-refractivity contribution < 1.29 is 4.79 Å². The van der Waals surface area contributed by atoms with Gasteiger partial charge < -0.3 is 10.3 Å². The van der Waals surface area contributed by atoms with E-state index in [9.17, 15) is 4.79 Å². The van der Waals surface area contributed by atoms with Crippen LogP contribution >= 0.6 is 12.2 Å². The Bertz CT molecular complexity index is 847. The molecule has 1 heterocycles. The smallest absolute Gasteiger partial charge is 0.269 e. The summed E-state index contributed by atoms with van der Waals surface area (Å²) in [5.41, 5.74) is 1.85. The van der Waals surface area contributed by atoms with Gasteiger partial charge in [0.2, 0.25) is 0 Å². The van der Waals surface area contributed by atoms with Crippen LogP contribution in [0.1, 0.15) is 49.0 Å². The number of amides is 1. The lowest BCUT2D eigenvalue weighted by Crippen LogP contribution is -2.51. The molecular weight excluding hydrogens is 342 g/mol. The van der Waals surface area contributed by atoms with Gasteiger partial charge in [0.05, 0.1) is 0 Å². The van der Waals surface area contributed by atoms with Crippen molar-refractivity contribution in [2.75, 3.05) is 6.54 Å². The Morgan fingerprint density at radius 3 is 2.35 bits per heavy atom. The monoisotopic (exact) mass is 367 g/mol. The van der Waals surface area contributed by atoms with Gasteiger partial charge in [-0.15, -0.1) is 0 Å². The van der Waals surface area contributed by atoms with E-state index < -0.39 is 0 Å². The van der Waals surface area contributed by atoms with Crippen LogP contribution in [0.5, 0.6) is 0 Å². The summed E-state index contributed by atoms with van der Waals surface area (Å²) in [5.74, 6) is 2.67. The van der Waals surface area contributed by atoms with Crippen molar-refractivity contribution in [3.63, 3.8) is 0 Å². The zero-order valence-electron chi connectivity index (χ0n) is 14.9. The molecule has 4 fully saturated rings. The number of hydrogen-bond acceptors (Lipinski definition) is 2. The maximum Gasteiger partial charge on any atom is 0.269 e. The van der Waals surface area contributed by atoms with Gasteiger partial charge >= 0.3 is 0 Å². The topological polar surface area (TPSA) is 49.8 Å². The molecule has 2 aromatic rings. The standard InChI is InChI=1S/C21H25N3OS/c25-19(18-12-22-20(26)24(18)17-4-2-1-3-5-17)23-13-21-9-14-6-15(10-21)8-16(7-14)11-21/h1-5,12,14-16H,6-11,13H2,(H,22,26)(H,23,25). The molecule has 0 aliphatic heterocycles. The summed E-state index contributed by atoms with van der Waals surface area (Å²) in [5, 5.41) is 3.25. The molecule has 0 unspecified atom stereocenters. The number of hydrogen-bond donors (Lipinski definition) is 2. The van der Waals surface area contributed by atoms with Crippen LogP contribution < -0.4 is 5.32 Å². The third-order valence-corrected chi connectivity index (χ3v) is 7.11. The van der Waals surface area contributed by atoms with Gasteiger partial charge in [-0.1, -0.05) is 18.2 Å². The number of nitrogens with zero attached hydrogens (tertiary/aromatic N) is 1. The van der Waals surface area contributed by atoms with E-state index in [0.717, 1.165) is 30.0 Å². The molecule has 1 aromatic heterocycles. The summed E-state index contributed by atoms with van der Waals surface area (Å²) in [6.45, 7) is 0.808. The van der Waals surface area contributed by atoms with Crippen LogP contribution in [0.2, 0.25) is 0 Å². The van der Waals surface area contributed by atoms with E-state index in [1.165, 1.54) is 38.5 Å². The largest absolute Gasteiger partial charge is 0.350 e. The van der Waals surface area contributed by atoms with Gasteiger partial charge in [-0.2, -0.15) is 0 Å². The molecule has 1 aromatic carbocycles. The van der Waals surface area contributed by atoms with E-state index in [1.807, 2.05) is 34.9 Å². The van der Waals surface area contributed by atoms with E-state index in [4.69, 9.17) is 12.2 Å². The number of para-hydroxylation sites is 1. The zero-order valence-corrected chi connectivity index (χ0v) is 15.7. The second-order valence-electron chi connectivity index (χ2n) is 8.75. The van der Waals surface area contributed by atoms with Crippen LogP contribution in [-0.2, 0) is 0 Å². The number of carbonyl (C=O) groups is 1. The summed E-state index contributed by atoms with van der Waals surface area (Å²) < 4.78 is 2.38. The van der Waals surface area contributed by atoms with Gasteiger partial charge in [0.15, 0.2) is 4.77 Å². The highest BCUT2D eigenvalue weighted by atomic mass is 32.1. The molecule has 0 saturated heterocycles. The minimum atomic E-state index is -0.0306. The lowest BCUT2D eigenvalue weighted by Gasteiger charge is -2.56. The SMILES string of the molecule is O=C(NCC12CC3CC(CC(C3)C1)C2)c1c[nH]c(=S)n1-c1ccccc1. The third kappa shape index (κ3) is 2.73. The Morgan fingerprint density at radius 2 is 1.73 bits per heavy atom. The third-order valence-electron chi connectivity index (χ3n) is 6.81. The Kier molecular flexibility index (Phi) is 3.82. The summed E-state index contributed by atoms with van der Waals surface area (Å²) in [6.07, 6.45) is 9.92. The van der Waals surface area contributed by atoms with E-state index in [1.54, 1.807) is 6.20 Å². The molecule has 4 saturated carbocycles. The number of carbonyl (C=O) groups excluding carboxylic acids is 1. The Labute approximate surface area is 159 Å². The number of imidazole rings is 1. The quantitative estimate of drug-likeness (QED) is 0.783. The molecule has 0 atom stereocenters. The van der Waals surface area contributed by atoms with Crippen LogP contribution in [0.3, 0.4) is 0 Å². The summed E-state index contributed by atoms with van der Waals surface area (Å²) in [7, 11) is 0. The summed E-state index contributed by atoms with van der Waals surface area (Å²) in [4.78, 5) is 16.0.